The molecule has 7 nitrogen and oxygen atoms in total. The molecule has 2 fully saturated rings. The predicted molar refractivity (Wildman–Crippen MR) is 89.6 cm³/mol. The average molecular weight is 337 g/mol. The van der Waals surface area contributed by atoms with Crippen LogP contribution in [0.5, 0.6) is 0 Å². The minimum absolute atomic E-state index is 0.0514. The van der Waals surface area contributed by atoms with Gasteiger partial charge in [-0.1, -0.05) is 0 Å². The van der Waals surface area contributed by atoms with Gasteiger partial charge in [0.15, 0.2) is 5.13 Å². The van der Waals surface area contributed by atoms with Crippen LogP contribution in [-0.2, 0) is 9.59 Å². The van der Waals surface area contributed by atoms with Gasteiger partial charge in [0.1, 0.15) is 6.04 Å². The molecule has 2 aliphatic rings. The lowest BCUT2D eigenvalue weighted by molar-refractivity contribution is -0.129. The number of hydrogen-bond acceptors (Lipinski definition) is 6. The summed E-state index contributed by atoms with van der Waals surface area (Å²) in [5.74, 6) is -0.112. The van der Waals surface area contributed by atoms with Crippen molar-refractivity contribution in [3.05, 3.63) is 11.6 Å². The smallest absolute Gasteiger partial charge is 0.242 e. The molecule has 2 saturated heterocycles. The van der Waals surface area contributed by atoms with Crippen LogP contribution < -0.4 is 15.5 Å². The van der Waals surface area contributed by atoms with Crippen molar-refractivity contribution < 1.29 is 9.59 Å². The largest absolute Gasteiger partial charge is 0.354 e. The van der Waals surface area contributed by atoms with E-state index in [1.807, 2.05) is 11.6 Å². The second-order valence-corrected chi connectivity index (χ2v) is 6.86. The van der Waals surface area contributed by atoms with Gasteiger partial charge in [-0.15, -0.1) is 11.3 Å². The minimum Gasteiger partial charge on any atom is -0.354 e. The van der Waals surface area contributed by atoms with Crippen LogP contribution in [0.4, 0.5) is 5.13 Å². The van der Waals surface area contributed by atoms with Crippen LogP contribution >= 0.6 is 11.3 Å². The SMILES string of the molecule is O=C(CN1CCN(c2nccs2)CC1)NC1CCCCNC1=O. The topological polar surface area (TPSA) is 77.6 Å². The van der Waals surface area contributed by atoms with Crippen molar-refractivity contribution in [1.82, 2.24) is 20.5 Å². The first-order chi connectivity index (χ1) is 11.2. The van der Waals surface area contributed by atoms with Crippen molar-refractivity contribution in [3.63, 3.8) is 0 Å². The van der Waals surface area contributed by atoms with Crippen LogP contribution in [0.25, 0.3) is 0 Å². The molecule has 0 saturated carbocycles. The van der Waals surface area contributed by atoms with E-state index in [0.717, 1.165) is 50.6 Å². The Morgan fingerprint density at radius 1 is 1.35 bits per heavy atom. The monoisotopic (exact) mass is 337 g/mol. The van der Waals surface area contributed by atoms with Crippen LogP contribution in [0.15, 0.2) is 11.6 Å². The Morgan fingerprint density at radius 3 is 2.91 bits per heavy atom. The number of rotatable bonds is 4. The van der Waals surface area contributed by atoms with Crippen LogP contribution in [0.2, 0.25) is 0 Å². The third kappa shape index (κ3) is 4.42. The lowest BCUT2D eigenvalue weighted by Crippen LogP contribution is -2.52. The van der Waals surface area contributed by atoms with Gasteiger partial charge in [0, 0.05) is 44.3 Å². The first-order valence-corrected chi connectivity index (χ1v) is 9.04. The molecule has 126 valence electrons. The van der Waals surface area contributed by atoms with Crippen molar-refractivity contribution in [2.45, 2.75) is 25.3 Å². The molecule has 2 aliphatic heterocycles. The molecule has 3 rings (SSSR count). The first kappa shape index (κ1) is 16.2. The molecule has 2 amide bonds. The summed E-state index contributed by atoms with van der Waals surface area (Å²) in [7, 11) is 0. The molecular weight excluding hydrogens is 314 g/mol. The second kappa shape index (κ2) is 7.74. The maximum Gasteiger partial charge on any atom is 0.242 e. The molecule has 0 spiro atoms. The fourth-order valence-electron chi connectivity index (χ4n) is 2.99. The molecule has 0 aliphatic carbocycles. The molecule has 0 radical (unpaired) electrons. The van der Waals surface area contributed by atoms with Crippen molar-refractivity contribution >= 4 is 28.3 Å². The van der Waals surface area contributed by atoms with Gasteiger partial charge in [0.2, 0.25) is 11.8 Å². The fraction of sp³-hybridized carbons (Fsp3) is 0.667. The van der Waals surface area contributed by atoms with Crippen molar-refractivity contribution in [3.8, 4) is 0 Å². The van der Waals surface area contributed by atoms with Crippen molar-refractivity contribution in [2.75, 3.05) is 44.2 Å². The molecular formula is C15H23N5O2S. The number of anilines is 1. The van der Waals surface area contributed by atoms with Gasteiger partial charge in [0.25, 0.3) is 0 Å². The fourth-order valence-corrected chi connectivity index (χ4v) is 3.69. The van der Waals surface area contributed by atoms with E-state index in [9.17, 15) is 9.59 Å². The number of nitrogens with zero attached hydrogens (tertiary/aromatic N) is 3. The normalized spacial score (nSPS) is 23.2. The third-order valence-corrected chi connectivity index (χ3v) is 5.13. The molecule has 3 heterocycles. The highest BCUT2D eigenvalue weighted by molar-refractivity contribution is 7.13. The van der Waals surface area contributed by atoms with Gasteiger partial charge >= 0.3 is 0 Å². The Hall–Kier alpha value is -1.67. The molecule has 2 N–H and O–H groups in total. The van der Waals surface area contributed by atoms with Crippen LogP contribution in [-0.4, -0.2) is 67.0 Å². The maximum absolute atomic E-state index is 12.2. The Balaban J connectivity index is 1.43. The standard InChI is InChI=1S/C15H23N5O2S/c21-13(18-12-3-1-2-4-16-14(12)22)11-19-6-8-20(9-7-19)15-17-5-10-23-15/h5,10,12H,1-4,6-9,11H2,(H,16,22)(H,18,21). The lowest BCUT2D eigenvalue weighted by atomic mass is 10.1. The average Bonchev–Trinajstić information content (AvgIpc) is 3.01. The van der Waals surface area contributed by atoms with Crippen molar-refractivity contribution in [2.24, 2.45) is 0 Å². The van der Waals surface area contributed by atoms with Crippen LogP contribution in [0.1, 0.15) is 19.3 Å². The molecule has 1 aromatic heterocycles. The molecule has 0 aromatic carbocycles. The van der Waals surface area contributed by atoms with E-state index >= 15 is 0 Å². The van der Waals surface area contributed by atoms with Gasteiger partial charge in [-0.2, -0.15) is 0 Å². The highest BCUT2D eigenvalue weighted by Gasteiger charge is 2.25. The summed E-state index contributed by atoms with van der Waals surface area (Å²) >= 11 is 1.64. The van der Waals surface area contributed by atoms with E-state index in [-0.39, 0.29) is 17.9 Å². The second-order valence-electron chi connectivity index (χ2n) is 5.98. The van der Waals surface area contributed by atoms with E-state index in [1.54, 1.807) is 11.3 Å². The Kier molecular flexibility index (Phi) is 5.45. The number of hydrogen-bond donors (Lipinski definition) is 2. The number of amides is 2. The molecule has 23 heavy (non-hydrogen) atoms. The van der Waals surface area contributed by atoms with E-state index in [1.165, 1.54) is 0 Å². The lowest BCUT2D eigenvalue weighted by Gasteiger charge is -2.34. The number of thiazole rings is 1. The molecule has 8 heteroatoms. The molecule has 0 bridgehead atoms. The molecule has 1 aromatic rings. The highest BCUT2D eigenvalue weighted by atomic mass is 32.1. The minimum atomic E-state index is -0.374. The van der Waals surface area contributed by atoms with Gasteiger partial charge in [-0.05, 0) is 19.3 Å². The zero-order valence-corrected chi connectivity index (χ0v) is 14.0. The number of carbonyl (C=O) groups is 2. The van der Waals surface area contributed by atoms with Crippen molar-refractivity contribution in [1.29, 1.82) is 0 Å². The first-order valence-electron chi connectivity index (χ1n) is 8.16. The zero-order chi connectivity index (χ0) is 16.1. The number of piperazine rings is 1. The Labute approximate surface area is 140 Å². The summed E-state index contributed by atoms with van der Waals surface area (Å²) in [6.07, 6.45) is 4.50. The summed E-state index contributed by atoms with van der Waals surface area (Å²) in [5.41, 5.74) is 0. The van der Waals surface area contributed by atoms with E-state index in [0.29, 0.717) is 13.1 Å². The summed E-state index contributed by atoms with van der Waals surface area (Å²) in [5, 5.41) is 8.75. The maximum atomic E-state index is 12.2. The molecule has 1 unspecified atom stereocenters. The number of aromatic nitrogens is 1. The van der Waals surface area contributed by atoms with E-state index in [2.05, 4.69) is 25.4 Å². The quantitative estimate of drug-likeness (QED) is 0.812. The van der Waals surface area contributed by atoms with Crippen LogP contribution in [0, 0.1) is 0 Å². The zero-order valence-electron chi connectivity index (χ0n) is 13.2. The Morgan fingerprint density at radius 2 is 2.17 bits per heavy atom. The van der Waals surface area contributed by atoms with Gasteiger partial charge in [-0.25, -0.2) is 4.98 Å². The van der Waals surface area contributed by atoms with Gasteiger partial charge in [0.05, 0.1) is 6.54 Å². The van der Waals surface area contributed by atoms with E-state index in [4.69, 9.17) is 0 Å². The summed E-state index contributed by atoms with van der Waals surface area (Å²) in [6.45, 7) is 4.50. The number of carbonyl (C=O) groups excluding carboxylic acids is 2. The summed E-state index contributed by atoms with van der Waals surface area (Å²) in [4.78, 5) is 32.8. The third-order valence-electron chi connectivity index (χ3n) is 4.30. The molecule has 1 atom stereocenters. The predicted octanol–water partition coefficient (Wildman–Crippen LogP) is 0.0500. The highest BCUT2D eigenvalue weighted by Crippen LogP contribution is 2.18. The number of nitrogens with one attached hydrogen (secondary N) is 2. The summed E-state index contributed by atoms with van der Waals surface area (Å²) < 4.78 is 0. The summed E-state index contributed by atoms with van der Waals surface area (Å²) in [6, 6.07) is -0.374. The van der Waals surface area contributed by atoms with E-state index < -0.39 is 0 Å². The van der Waals surface area contributed by atoms with Gasteiger partial charge in [-0.3, -0.25) is 14.5 Å². The Bertz CT molecular complexity index is 528. The van der Waals surface area contributed by atoms with Crippen LogP contribution in [0.3, 0.4) is 0 Å². The van der Waals surface area contributed by atoms with Gasteiger partial charge < -0.3 is 15.5 Å².